The predicted molar refractivity (Wildman–Crippen MR) is 78.2 cm³/mol. The number of nitrogens with two attached hydrogens (primary N) is 1. The molecule has 0 bridgehead atoms. The van der Waals surface area contributed by atoms with Gasteiger partial charge in [-0.25, -0.2) is 0 Å². The van der Waals surface area contributed by atoms with Crippen LogP contribution >= 0.6 is 0 Å². The molecule has 3 rings (SSSR count). The second-order valence-corrected chi connectivity index (χ2v) is 5.44. The van der Waals surface area contributed by atoms with Gasteiger partial charge in [-0.1, -0.05) is 6.07 Å². The monoisotopic (exact) mass is 256 g/mol. The number of benzene rings is 1. The summed E-state index contributed by atoms with van der Waals surface area (Å²) in [6.07, 6.45) is 3.15. The van der Waals surface area contributed by atoms with E-state index < -0.39 is 0 Å². The highest BCUT2D eigenvalue weighted by molar-refractivity contribution is 5.64. The number of hydrogen-bond donors (Lipinski definition) is 1. The van der Waals surface area contributed by atoms with E-state index in [1.165, 1.54) is 11.3 Å². The van der Waals surface area contributed by atoms with Gasteiger partial charge >= 0.3 is 0 Å². The summed E-state index contributed by atoms with van der Waals surface area (Å²) in [5.74, 6) is 0. The lowest BCUT2D eigenvalue weighted by Crippen LogP contribution is -2.20. The average molecular weight is 256 g/mol. The number of aromatic nitrogens is 2. The van der Waals surface area contributed by atoms with E-state index in [2.05, 4.69) is 48.2 Å². The number of nitrogens with zero attached hydrogens (tertiary/aromatic N) is 3. The standard InChI is InChI=1S/C15H20N4/c1-11(2)19-8-6-14(17-19)10-18-7-5-12-3-4-13(16)9-15(12)18/h3-4,6,8-9,11H,5,7,10,16H2,1-2H3. The molecule has 0 saturated carbocycles. The third-order valence-corrected chi connectivity index (χ3v) is 3.65. The first-order chi connectivity index (χ1) is 9.13. The van der Waals surface area contributed by atoms with Crippen molar-refractivity contribution in [1.82, 2.24) is 9.78 Å². The van der Waals surface area contributed by atoms with Gasteiger partial charge in [0, 0.05) is 30.2 Å². The first kappa shape index (κ1) is 12.1. The Bertz CT molecular complexity index is 586. The van der Waals surface area contributed by atoms with E-state index in [1.54, 1.807) is 0 Å². The van der Waals surface area contributed by atoms with Gasteiger partial charge in [0.15, 0.2) is 0 Å². The molecule has 2 N–H and O–H groups in total. The Morgan fingerprint density at radius 3 is 2.89 bits per heavy atom. The number of anilines is 2. The van der Waals surface area contributed by atoms with Crippen LogP contribution in [0.1, 0.15) is 31.1 Å². The highest BCUT2D eigenvalue weighted by Crippen LogP contribution is 2.30. The van der Waals surface area contributed by atoms with Gasteiger partial charge in [0.1, 0.15) is 0 Å². The molecular weight excluding hydrogens is 236 g/mol. The van der Waals surface area contributed by atoms with Crippen LogP contribution in [-0.2, 0) is 13.0 Å². The van der Waals surface area contributed by atoms with Gasteiger partial charge in [-0.05, 0) is 44.0 Å². The highest BCUT2D eigenvalue weighted by Gasteiger charge is 2.20. The van der Waals surface area contributed by atoms with E-state index in [0.29, 0.717) is 6.04 Å². The molecule has 0 radical (unpaired) electrons. The second kappa shape index (κ2) is 4.61. The molecule has 0 saturated heterocycles. The molecule has 0 aliphatic carbocycles. The summed E-state index contributed by atoms with van der Waals surface area (Å²) in [6, 6.07) is 8.70. The largest absolute Gasteiger partial charge is 0.399 e. The molecule has 1 aliphatic rings. The fourth-order valence-electron chi connectivity index (χ4n) is 2.57. The number of hydrogen-bond acceptors (Lipinski definition) is 3. The first-order valence-electron chi connectivity index (χ1n) is 6.81. The highest BCUT2D eigenvalue weighted by atomic mass is 15.3. The average Bonchev–Trinajstić information content (AvgIpc) is 2.98. The normalized spacial score (nSPS) is 14.2. The Kier molecular flexibility index (Phi) is 2.93. The van der Waals surface area contributed by atoms with Crippen LogP contribution in [0.2, 0.25) is 0 Å². The quantitative estimate of drug-likeness (QED) is 0.859. The van der Waals surface area contributed by atoms with Crippen molar-refractivity contribution in [3.05, 3.63) is 41.7 Å². The summed E-state index contributed by atoms with van der Waals surface area (Å²) in [5, 5.41) is 4.61. The minimum Gasteiger partial charge on any atom is -0.399 e. The maximum absolute atomic E-state index is 5.88. The summed E-state index contributed by atoms with van der Waals surface area (Å²) in [5.41, 5.74) is 10.5. The Morgan fingerprint density at radius 1 is 1.32 bits per heavy atom. The molecule has 1 aliphatic heterocycles. The molecule has 1 aromatic heterocycles. The van der Waals surface area contributed by atoms with Gasteiger partial charge in [0.05, 0.1) is 12.2 Å². The third kappa shape index (κ3) is 2.30. The summed E-state index contributed by atoms with van der Waals surface area (Å²) in [7, 11) is 0. The van der Waals surface area contributed by atoms with Crippen molar-refractivity contribution >= 4 is 11.4 Å². The lowest BCUT2D eigenvalue weighted by atomic mass is 10.1. The van der Waals surface area contributed by atoms with Crippen molar-refractivity contribution in [2.75, 3.05) is 17.2 Å². The Morgan fingerprint density at radius 2 is 2.16 bits per heavy atom. The van der Waals surface area contributed by atoms with E-state index in [4.69, 9.17) is 5.73 Å². The Balaban J connectivity index is 1.80. The minimum atomic E-state index is 0.412. The van der Waals surface area contributed by atoms with Crippen LogP contribution < -0.4 is 10.6 Å². The molecule has 2 heterocycles. The molecule has 0 atom stereocenters. The minimum absolute atomic E-state index is 0.412. The molecule has 1 aromatic carbocycles. The summed E-state index contributed by atoms with van der Waals surface area (Å²) in [4.78, 5) is 2.36. The number of nitrogen functional groups attached to an aromatic ring is 1. The topological polar surface area (TPSA) is 47.1 Å². The molecule has 0 amide bonds. The van der Waals surface area contributed by atoms with E-state index in [0.717, 1.165) is 30.9 Å². The van der Waals surface area contributed by atoms with Crippen molar-refractivity contribution in [3.63, 3.8) is 0 Å². The maximum atomic E-state index is 5.88. The lowest BCUT2D eigenvalue weighted by molar-refractivity contribution is 0.525. The second-order valence-electron chi connectivity index (χ2n) is 5.44. The number of fused-ring (bicyclic) bond motifs is 1. The SMILES string of the molecule is CC(C)n1ccc(CN2CCc3ccc(N)cc32)n1. The lowest BCUT2D eigenvalue weighted by Gasteiger charge is -2.18. The first-order valence-corrected chi connectivity index (χ1v) is 6.81. The van der Waals surface area contributed by atoms with E-state index >= 15 is 0 Å². The van der Waals surface area contributed by atoms with Crippen molar-refractivity contribution in [3.8, 4) is 0 Å². The van der Waals surface area contributed by atoms with Gasteiger partial charge in [-0.2, -0.15) is 5.10 Å². The molecule has 19 heavy (non-hydrogen) atoms. The molecular formula is C15H20N4. The summed E-state index contributed by atoms with van der Waals surface area (Å²) < 4.78 is 2.01. The van der Waals surface area contributed by atoms with Crippen molar-refractivity contribution < 1.29 is 0 Å². The van der Waals surface area contributed by atoms with E-state index in [-0.39, 0.29) is 0 Å². The molecule has 100 valence electrons. The van der Waals surface area contributed by atoms with Gasteiger partial charge in [-0.3, -0.25) is 4.68 Å². The van der Waals surface area contributed by atoms with Gasteiger partial charge in [0.25, 0.3) is 0 Å². The molecule has 0 spiro atoms. The van der Waals surface area contributed by atoms with Gasteiger partial charge in [0.2, 0.25) is 0 Å². The fraction of sp³-hybridized carbons (Fsp3) is 0.400. The van der Waals surface area contributed by atoms with Crippen LogP contribution in [0.3, 0.4) is 0 Å². The zero-order valence-corrected chi connectivity index (χ0v) is 11.5. The fourth-order valence-corrected chi connectivity index (χ4v) is 2.57. The van der Waals surface area contributed by atoms with E-state index in [9.17, 15) is 0 Å². The van der Waals surface area contributed by atoms with Crippen LogP contribution in [0.25, 0.3) is 0 Å². The molecule has 0 fully saturated rings. The third-order valence-electron chi connectivity index (χ3n) is 3.65. The summed E-state index contributed by atoms with van der Waals surface area (Å²) >= 11 is 0. The van der Waals surface area contributed by atoms with Gasteiger partial charge in [-0.15, -0.1) is 0 Å². The van der Waals surface area contributed by atoms with Crippen molar-refractivity contribution in [2.45, 2.75) is 32.9 Å². The van der Waals surface area contributed by atoms with Crippen LogP contribution in [0.15, 0.2) is 30.5 Å². The molecule has 0 unspecified atom stereocenters. The number of rotatable bonds is 3. The zero-order valence-electron chi connectivity index (χ0n) is 11.5. The van der Waals surface area contributed by atoms with Crippen molar-refractivity contribution in [2.24, 2.45) is 0 Å². The van der Waals surface area contributed by atoms with E-state index in [1.807, 2.05) is 10.7 Å². The molecule has 2 aromatic rings. The Hall–Kier alpha value is -1.97. The molecule has 4 nitrogen and oxygen atoms in total. The van der Waals surface area contributed by atoms with Crippen LogP contribution in [-0.4, -0.2) is 16.3 Å². The molecule has 4 heteroatoms. The van der Waals surface area contributed by atoms with Gasteiger partial charge < -0.3 is 10.6 Å². The van der Waals surface area contributed by atoms with Crippen LogP contribution in [0.4, 0.5) is 11.4 Å². The van der Waals surface area contributed by atoms with Crippen LogP contribution in [0, 0.1) is 0 Å². The van der Waals surface area contributed by atoms with Crippen LogP contribution in [0.5, 0.6) is 0 Å². The maximum Gasteiger partial charge on any atom is 0.0817 e. The smallest absolute Gasteiger partial charge is 0.0817 e. The predicted octanol–water partition coefficient (Wildman–Crippen LogP) is 2.61. The zero-order chi connectivity index (χ0) is 13.4. The summed E-state index contributed by atoms with van der Waals surface area (Å²) in [6.45, 7) is 6.19. The Labute approximate surface area is 113 Å². The van der Waals surface area contributed by atoms with Crippen molar-refractivity contribution in [1.29, 1.82) is 0 Å².